The van der Waals surface area contributed by atoms with Gasteiger partial charge in [-0.25, -0.2) is 0 Å². The zero-order chi connectivity index (χ0) is 11.0. The molecule has 0 amide bonds. The molecule has 0 unspecified atom stereocenters. The molecule has 4 nitrogen and oxygen atoms in total. The monoisotopic (exact) mass is 256 g/mol. The van der Waals surface area contributed by atoms with E-state index in [9.17, 15) is 0 Å². The summed E-state index contributed by atoms with van der Waals surface area (Å²) in [6.07, 6.45) is 0.956. The van der Waals surface area contributed by atoms with Crippen molar-refractivity contribution in [3.05, 3.63) is 22.3 Å². The fourth-order valence-corrected chi connectivity index (χ4v) is 2.73. The molecule has 0 bridgehead atoms. The molecule has 0 aromatic carbocycles. The molecule has 3 rings (SSSR count). The number of nitrogens with zero attached hydrogens (tertiary/aromatic N) is 2. The Balaban J connectivity index is 1.90. The summed E-state index contributed by atoms with van der Waals surface area (Å²) in [5.41, 5.74) is 0. The molecule has 0 N–H and O–H groups in total. The zero-order valence-electron chi connectivity index (χ0n) is 8.35. The Labute approximate surface area is 101 Å². The predicted molar refractivity (Wildman–Crippen MR) is 60.8 cm³/mol. The lowest BCUT2D eigenvalue weighted by molar-refractivity contribution is 0.192. The van der Waals surface area contributed by atoms with Gasteiger partial charge < -0.3 is 9.26 Å². The van der Waals surface area contributed by atoms with Crippen molar-refractivity contribution in [2.75, 3.05) is 13.2 Å². The Morgan fingerprint density at radius 3 is 3.12 bits per heavy atom. The Morgan fingerprint density at radius 2 is 2.44 bits per heavy atom. The van der Waals surface area contributed by atoms with Gasteiger partial charge in [-0.1, -0.05) is 16.8 Å². The Kier molecular flexibility index (Phi) is 2.67. The summed E-state index contributed by atoms with van der Waals surface area (Å²) in [4.78, 5) is 5.20. The molecule has 0 spiro atoms. The van der Waals surface area contributed by atoms with Gasteiger partial charge in [-0.2, -0.15) is 4.98 Å². The van der Waals surface area contributed by atoms with Gasteiger partial charge in [-0.3, -0.25) is 0 Å². The Morgan fingerprint density at radius 1 is 1.50 bits per heavy atom. The van der Waals surface area contributed by atoms with Crippen LogP contribution in [0, 0.1) is 0 Å². The van der Waals surface area contributed by atoms with E-state index < -0.39 is 0 Å². The lowest BCUT2D eigenvalue weighted by atomic mass is 10.1. The highest BCUT2D eigenvalue weighted by molar-refractivity contribution is 7.14. The molecule has 2 aromatic heterocycles. The minimum atomic E-state index is 0.260. The summed E-state index contributed by atoms with van der Waals surface area (Å²) >= 11 is 7.50. The van der Waals surface area contributed by atoms with Crippen LogP contribution in [0.1, 0.15) is 18.2 Å². The van der Waals surface area contributed by atoms with Crippen LogP contribution >= 0.6 is 22.9 Å². The van der Waals surface area contributed by atoms with Crippen molar-refractivity contribution >= 4 is 22.9 Å². The van der Waals surface area contributed by atoms with Gasteiger partial charge in [0.25, 0.3) is 5.89 Å². The van der Waals surface area contributed by atoms with Crippen molar-refractivity contribution in [3.63, 3.8) is 0 Å². The lowest BCUT2D eigenvalue weighted by Gasteiger charge is -1.97. The molecule has 0 aliphatic carbocycles. The second kappa shape index (κ2) is 4.16. The summed E-state index contributed by atoms with van der Waals surface area (Å²) in [5, 5.41) is 6.54. The SMILES string of the molecule is Clc1ccsc1-c1nc([C@@H]2CCOC2)no1. The van der Waals surface area contributed by atoms with E-state index in [4.69, 9.17) is 20.9 Å². The van der Waals surface area contributed by atoms with Gasteiger partial charge in [0.2, 0.25) is 0 Å². The number of halogens is 1. The third-order valence-corrected chi connectivity index (χ3v) is 3.88. The highest BCUT2D eigenvalue weighted by Crippen LogP contribution is 2.33. The molecule has 1 atom stereocenters. The van der Waals surface area contributed by atoms with E-state index in [1.54, 1.807) is 0 Å². The molecular weight excluding hydrogens is 248 g/mol. The van der Waals surface area contributed by atoms with Gasteiger partial charge in [0.05, 0.1) is 11.6 Å². The van der Waals surface area contributed by atoms with Crippen LogP contribution in [-0.4, -0.2) is 23.4 Å². The summed E-state index contributed by atoms with van der Waals surface area (Å²) < 4.78 is 10.5. The topological polar surface area (TPSA) is 48.2 Å². The molecule has 3 heterocycles. The molecule has 1 saturated heterocycles. The Hall–Kier alpha value is -0.910. The van der Waals surface area contributed by atoms with E-state index in [2.05, 4.69) is 10.1 Å². The standard InChI is InChI=1S/C10H9ClN2O2S/c11-7-2-4-16-8(7)10-12-9(13-15-10)6-1-3-14-5-6/h2,4,6H,1,3,5H2/t6-/m1/s1. The first-order chi connectivity index (χ1) is 7.84. The molecule has 2 aromatic rings. The van der Waals surface area contributed by atoms with Crippen LogP contribution < -0.4 is 0 Å². The maximum Gasteiger partial charge on any atom is 0.269 e. The van der Waals surface area contributed by atoms with Crippen LogP contribution in [0.25, 0.3) is 10.8 Å². The minimum Gasteiger partial charge on any atom is -0.381 e. The molecule has 84 valence electrons. The molecule has 16 heavy (non-hydrogen) atoms. The highest BCUT2D eigenvalue weighted by Gasteiger charge is 2.24. The van der Waals surface area contributed by atoms with Crippen molar-refractivity contribution in [1.29, 1.82) is 0 Å². The smallest absolute Gasteiger partial charge is 0.269 e. The van der Waals surface area contributed by atoms with Crippen molar-refractivity contribution < 1.29 is 9.26 Å². The molecule has 0 saturated carbocycles. The van der Waals surface area contributed by atoms with E-state index >= 15 is 0 Å². The number of rotatable bonds is 2. The first-order valence-electron chi connectivity index (χ1n) is 4.99. The van der Waals surface area contributed by atoms with Crippen LogP contribution in [0.5, 0.6) is 0 Å². The van der Waals surface area contributed by atoms with Crippen molar-refractivity contribution in [2.45, 2.75) is 12.3 Å². The second-order valence-corrected chi connectivity index (χ2v) is 4.94. The van der Waals surface area contributed by atoms with Gasteiger partial charge in [0, 0.05) is 12.5 Å². The van der Waals surface area contributed by atoms with Gasteiger partial charge in [-0.15, -0.1) is 11.3 Å². The van der Waals surface area contributed by atoms with Crippen molar-refractivity contribution in [3.8, 4) is 10.8 Å². The quantitative estimate of drug-likeness (QED) is 0.829. The Bertz CT molecular complexity index is 490. The first kappa shape index (κ1) is 10.3. The predicted octanol–water partition coefficient (Wildman–Crippen LogP) is 2.96. The lowest BCUT2D eigenvalue weighted by Crippen LogP contribution is -1.99. The molecule has 6 heteroatoms. The van der Waals surface area contributed by atoms with E-state index in [1.165, 1.54) is 11.3 Å². The third-order valence-electron chi connectivity index (χ3n) is 2.55. The van der Waals surface area contributed by atoms with Crippen LogP contribution in [0.3, 0.4) is 0 Å². The highest BCUT2D eigenvalue weighted by atomic mass is 35.5. The summed E-state index contributed by atoms with van der Waals surface area (Å²) in [7, 11) is 0. The van der Waals surface area contributed by atoms with Gasteiger partial charge in [-0.05, 0) is 17.9 Å². The average molecular weight is 257 g/mol. The van der Waals surface area contributed by atoms with Gasteiger partial charge in [0.15, 0.2) is 5.82 Å². The number of thiophene rings is 1. The summed E-state index contributed by atoms with van der Waals surface area (Å²) in [6.45, 7) is 1.45. The first-order valence-corrected chi connectivity index (χ1v) is 6.25. The molecule has 1 aliphatic rings. The fourth-order valence-electron chi connectivity index (χ4n) is 1.68. The molecule has 0 radical (unpaired) electrons. The number of hydrogen-bond acceptors (Lipinski definition) is 5. The molecule has 1 fully saturated rings. The maximum absolute atomic E-state index is 6.00. The second-order valence-electron chi connectivity index (χ2n) is 3.62. The van der Waals surface area contributed by atoms with Crippen molar-refractivity contribution in [1.82, 2.24) is 10.1 Å². The maximum atomic E-state index is 6.00. The normalized spacial score (nSPS) is 20.4. The number of hydrogen-bond donors (Lipinski definition) is 0. The van der Waals surface area contributed by atoms with Gasteiger partial charge in [0.1, 0.15) is 4.88 Å². The van der Waals surface area contributed by atoms with E-state index in [1.807, 2.05) is 11.4 Å². The number of ether oxygens (including phenoxy) is 1. The van der Waals surface area contributed by atoms with Crippen LogP contribution in [0.2, 0.25) is 5.02 Å². The third kappa shape index (κ3) is 1.75. The summed E-state index contributed by atoms with van der Waals surface area (Å²) in [6, 6.07) is 1.82. The summed E-state index contributed by atoms with van der Waals surface area (Å²) in [5.74, 6) is 1.48. The van der Waals surface area contributed by atoms with E-state index in [-0.39, 0.29) is 5.92 Å². The van der Waals surface area contributed by atoms with Crippen LogP contribution in [0.15, 0.2) is 16.0 Å². The minimum absolute atomic E-state index is 0.260. The van der Waals surface area contributed by atoms with Crippen LogP contribution in [-0.2, 0) is 4.74 Å². The largest absolute Gasteiger partial charge is 0.381 e. The molecule has 1 aliphatic heterocycles. The van der Waals surface area contributed by atoms with E-state index in [0.29, 0.717) is 17.5 Å². The van der Waals surface area contributed by atoms with Crippen LogP contribution in [0.4, 0.5) is 0 Å². The zero-order valence-corrected chi connectivity index (χ0v) is 9.92. The van der Waals surface area contributed by atoms with E-state index in [0.717, 1.165) is 23.7 Å². The number of aromatic nitrogens is 2. The fraction of sp³-hybridized carbons (Fsp3) is 0.400. The average Bonchev–Trinajstić information content (AvgIpc) is 2.96. The van der Waals surface area contributed by atoms with Gasteiger partial charge >= 0.3 is 0 Å². The molecular formula is C10H9ClN2O2S. The van der Waals surface area contributed by atoms with Crippen molar-refractivity contribution in [2.24, 2.45) is 0 Å².